The summed E-state index contributed by atoms with van der Waals surface area (Å²) in [6.07, 6.45) is 9.69. The maximum absolute atomic E-state index is 8.59. The van der Waals surface area contributed by atoms with E-state index in [1.54, 1.807) is 0 Å². The molecule has 0 aromatic heterocycles. The highest BCUT2D eigenvalue weighted by atomic mass is 16.2. The third kappa shape index (κ3) is 7.55. The maximum Gasteiger partial charge on any atom is 0.0468 e. The zero-order chi connectivity index (χ0) is 9.23. The summed E-state index contributed by atoms with van der Waals surface area (Å²) in [5.74, 6) is 0. The van der Waals surface area contributed by atoms with Crippen LogP contribution in [-0.2, 0) is 0 Å². The molecule has 70 valence electrons. The fourth-order valence-corrected chi connectivity index (χ4v) is 0.950. The van der Waals surface area contributed by atoms with Crippen LogP contribution in [0.5, 0.6) is 0 Å². The van der Waals surface area contributed by atoms with Crippen molar-refractivity contribution in [3.63, 3.8) is 0 Å². The molecule has 0 fully saturated rings. The molecule has 0 bridgehead atoms. The van der Waals surface area contributed by atoms with Crippen LogP contribution in [0.25, 0.3) is 0 Å². The first kappa shape index (κ1) is 11.4. The van der Waals surface area contributed by atoms with Crippen molar-refractivity contribution in [3.05, 3.63) is 24.3 Å². The Kier molecular flexibility index (Phi) is 8.14. The molecule has 0 aliphatic rings. The van der Waals surface area contributed by atoms with E-state index in [0.29, 0.717) is 0 Å². The molecule has 0 amide bonds. The van der Waals surface area contributed by atoms with Gasteiger partial charge in [-0.1, -0.05) is 44.1 Å². The third-order valence-corrected chi connectivity index (χ3v) is 1.76. The van der Waals surface area contributed by atoms with Gasteiger partial charge in [-0.3, -0.25) is 0 Å². The molecule has 0 heterocycles. The van der Waals surface area contributed by atoms with Crippen molar-refractivity contribution in [2.75, 3.05) is 6.61 Å². The highest BCUT2D eigenvalue weighted by molar-refractivity contribution is 5.01. The van der Waals surface area contributed by atoms with Crippen LogP contribution in [-0.4, -0.2) is 11.7 Å². The molecule has 1 nitrogen and oxygen atoms in total. The molecule has 0 radical (unpaired) electrons. The van der Waals surface area contributed by atoms with Crippen molar-refractivity contribution in [1.82, 2.24) is 0 Å². The largest absolute Gasteiger partial charge is 0.396 e. The summed E-state index contributed by atoms with van der Waals surface area (Å²) >= 11 is 0. The number of aliphatic hydroxyl groups excluding tert-OH is 1. The van der Waals surface area contributed by atoms with Gasteiger partial charge in [-0.25, -0.2) is 0 Å². The van der Waals surface area contributed by atoms with Crippen molar-refractivity contribution in [2.24, 2.45) is 0 Å². The predicted molar refractivity (Wildman–Crippen MR) is 54.1 cm³/mol. The van der Waals surface area contributed by atoms with Crippen LogP contribution in [0.1, 0.15) is 39.0 Å². The van der Waals surface area contributed by atoms with Gasteiger partial charge in [0.1, 0.15) is 0 Å². The summed E-state index contributed by atoms with van der Waals surface area (Å²) < 4.78 is 0. The molecule has 0 aliphatic heterocycles. The van der Waals surface area contributed by atoms with Crippen LogP contribution >= 0.6 is 0 Å². The second-order valence-electron chi connectivity index (χ2n) is 3.04. The minimum Gasteiger partial charge on any atom is -0.396 e. The van der Waals surface area contributed by atoms with E-state index in [1.807, 2.05) is 0 Å². The van der Waals surface area contributed by atoms with Gasteiger partial charge >= 0.3 is 0 Å². The zero-order valence-electron chi connectivity index (χ0n) is 8.05. The van der Waals surface area contributed by atoms with Crippen molar-refractivity contribution in [1.29, 1.82) is 0 Å². The number of aliphatic hydroxyl groups is 1. The predicted octanol–water partition coefficient (Wildman–Crippen LogP) is 3.06. The SMILES string of the molecule is C=C(C/C=C/CCCC)CCO. The first-order chi connectivity index (χ1) is 5.81. The molecule has 0 unspecified atom stereocenters. The lowest BCUT2D eigenvalue weighted by molar-refractivity contribution is 0.298. The molecule has 0 saturated carbocycles. The highest BCUT2D eigenvalue weighted by Gasteiger charge is 1.88. The summed E-state index contributed by atoms with van der Waals surface area (Å²) in [5, 5.41) is 8.59. The smallest absolute Gasteiger partial charge is 0.0468 e. The van der Waals surface area contributed by atoms with E-state index in [9.17, 15) is 0 Å². The average molecular weight is 168 g/mol. The second kappa shape index (κ2) is 8.54. The molecule has 0 saturated heterocycles. The summed E-state index contributed by atoms with van der Waals surface area (Å²) in [7, 11) is 0. The zero-order valence-corrected chi connectivity index (χ0v) is 8.05. The molecule has 0 aliphatic carbocycles. The Morgan fingerprint density at radius 3 is 2.75 bits per heavy atom. The van der Waals surface area contributed by atoms with Crippen molar-refractivity contribution < 1.29 is 5.11 Å². The average Bonchev–Trinajstić information content (AvgIpc) is 2.05. The fourth-order valence-electron chi connectivity index (χ4n) is 0.950. The van der Waals surface area contributed by atoms with Crippen molar-refractivity contribution in [3.8, 4) is 0 Å². The van der Waals surface area contributed by atoms with Crippen LogP contribution < -0.4 is 0 Å². The monoisotopic (exact) mass is 168 g/mol. The van der Waals surface area contributed by atoms with Crippen LogP contribution in [0.15, 0.2) is 24.3 Å². The second-order valence-corrected chi connectivity index (χ2v) is 3.04. The standard InChI is InChI=1S/C11H20O/c1-3-4-5-6-7-8-11(2)9-10-12/h6-7,12H,2-5,8-10H2,1H3/b7-6+. The third-order valence-electron chi connectivity index (χ3n) is 1.76. The van der Waals surface area contributed by atoms with Gasteiger partial charge < -0.3 is 5.11 Å². The van der Waals surface area contributed by atoms with E-state index in [0.717, 1.165) is 18.4 Å². The van der Waals surface area contributed by atoms with E-state index in [4.69, 9.17) is 5.11 Å². The van der Waals surface area contributed by atoms with E-state index >= 15 is 0 Å². The number of rotatable bonds is 7. The van der Waals surface area contributed by atoms with Gasteiger partial charge in [0.25, 0.3) is 0 Å². The Morgan fingerprint density at radius 2 is 2.17 bits per heavy atom. The summed E-state index contributed by atoms with van der Waals surface area (Å²) in [4.78, 5) is 0. The van der Waals surface area contributed by atoms with E-state index in [-0.39, 0.29) is 6.61 Å². The Hall–Kier alpha value is -0.560. The van der Waals surface area contributed by atoms with E-state index in [2.05, 4.69) is 25.7 Å². The number of unbranched alkanes of at least 4 members (excludes halogenated alkanes) is 2. The molecule has 0 atom stereocenters. The molecule has 1 heteroatoms. The van der Waals surface area contributed by atoms with Gasteiger partial charge in [0.2, 0.25) is 0 Å². The first-order valence-electron chi connectivity index (χ1n) is 4.73. The quantitative estimate of drug-likeness (QED) is 0.457. The minimum atomic E-state index is 0.224. The van der Waals surface area contributed by atoms with Crippen LogP contribution in [0.4, 0.5) is 0 Å². The lowest BCUT2D eigenvalue weighted by atomic mass is 10.1. The Bertz CT molecular complexity index is 136. The maximum atomic E-state index is 8.59. The lowest BCUT2D eigenvalue weighted by Crippen LogP contribution is -1.84. The van der Waals surface area contributed by atoms with Crippen molar-refractivity contribution in [2.45, 2.75) is 39.0 Å². The minimum absolute atomic E-state index is 0.224. The normalized spacial score (nSPS) is 10.8. The molecule has 0 spiro atoms. The van der Waals surface area contributed by atoms with Gasteiger partial charge in [-0.15, -0.1) is 0 Å². The molecule has 12 heavy (non-hydrogen) atoms. The van der Waals surface area contributed by atoms with Crippen LogP contribution in [0.2, 0.25) is 0 Å². The molecule has 0 aromatic rings. The molecular formula is C11H20O. The Balaban J connectivity index is 3.27. The lowest BCUT2D eigenvalue weighted by Gasteiger charge is -1.97. The van der Waals surface area contributed by atoms with Gasteiger partial charge in [0, 0.05) is 6.61 Å². The summed E-state index contributed by atoms with van der Waals surface area (Å²) in [6.45, 7) is 6.27. The highest BCUT2D eigenvalue weighted by Crippen LogP contribution is 2.04. The summed E-state index contributed by atoms with van der Waals surface area (Å²) in [5.41, 5.74) is 1.12. The number of allylic oxidation sites excluding steroid dienone is 2. The Labute approximate surface area is 75.8 Å². The topological polar surface area (TPSA) is 20.2 Å². The molecule has 1 N–H and O–H groups in total. The Morgan fingerprint density at radius 1 is 1.42 bits per heavy atom. The van der Waals surface area contributed by atoms with Gasteiger partial charge in [-0.2, -0.15) is 0 Å². The van der Waals surface area contributed by atoms with Crippen molar-refractivity contribution >= 4 is 0 Å². The molecular weight excluding hydrogens is 148 g/mol. The number of hydrogen-bond donors (Lipinski definition) is 1. The first-order valence-corrected chi connectivity index (χ1v) is 4.73. The van der Waals surface area contributed by atoms with Gasteiger partial charge in [0.15, 0.2) is 0 Å². The van der Waals surface area contributed by atoms with E-state index < -0.39 is 0 Å². The molecule has 0 aromatic carbocycles. The van der Waals surface area contributed by atoms with Crippen LogP contribution in [0.3, 0.4) is 0 Å². The van der Waals surface area contributed by atoms with Crippen LogP contribution in [0, 0.1) is 0 Å². The van der Waals surface area contributed by atoms with E-state index in [1.165, 1.54) is 19.3 Å². The van der Waals surface area contributed by atoms with Gasteiger partial charge in [0.05, 0.1) is 0 Å². The summed E-state index contributed by atoms with van der Waals surface area (Å²) in [6, 6.07) is 0. The fraction of sp³-hybridized carbons (Fsp3) is 0.636. The number of hydrogen-bond acceptors (Lipinski definition) is 1. The molecule has 0 rings (SSSR count). The van der Waals surface area contributed by atoms with Gasteiger partial charge in [-0.05, 0) is 19.3 Å².